The Hall–Kier alpha value is -1.64. The molecule has 1 fully saturated rings. The molecule has 1 aromatic rings. The molecular weight excluding hydrogens is 226 g/mol. The lowest BCUT2D eigenvalue weighted by atomic mass is 9.95. The molecule has 0 bridgehead atoms. The van der Waals surface area contributed by atoms with Gasteiger partial charge < -0.3 is 4.90 Å². The van der Waals surface area contributed by atoms with E-state index in [1.807, 2.05) is 18.2 Å². The third kappa shape index (κ3) is 2.78. The first-order chi connectivity index (χ1) is 8.58. The predicted molar refractivity (Wildman–Crippen MR) is 70.3 cm³/mol. The van der Waals surface area contributed by atoms with Gasteiger partial charge in [0.2, 0.25) is 5.91 Å². The Kier molecular flexibility index (Phi) is 3.80. The Morgan fingerprint density at radius 2 is 2.00 bits per heavy atom. The highest BCUT2D eigenvalue weighted by Crippen LogP contribution is 2.24. The van der Waals surface area contributed by atoms with E-state index in [0.29, 0.717) is 23.8 Å². The number of benzene rings is 1. The van der Waals surface area contributed by atoms with Crippen LogP contribution in [-0.4, -0.2) is 29.7 Å². The van der Waals surface area contributed by atoms with Gasteiger partial charge in [-0.25, -0.2) is 0 Å². The monoisotopic (exact) mass is 245 g/mol. The molecule has 0 saturated carbocycles. The fourth-order valence-electron chi connectivity index (χ4n) is 2.29. The standard InChI is InChI=1S/C15H19NO2/c1-11(2)13-8-15(18)16(9-13)10-14(17)12-6-4-3-5-7-12/h3-7,11,13H,8-10H2,1-2H3. The highest BCUT2D eigenvalue weighted by atomic mass is 16.2. The van der Waals surface area contributed by atoms with Crippen molar-refractivity contribution < 1.29 is 9.59 Å². The van der Waals surface area contributed by atoms with Crippen molar-refractivity contribution in [3.05, 3.63) is 35.9 Å². The van der Waals surface area contributed by atoms with E-state index >= 15 is 0 Å². The molecule has 2 rings (SSSR count). The first-order valence-electron chi connectivity index (χ1n) is 6.44. The lowest BCUT2D eigenvalue weighted by molar-refractivity contribution is -0.127. The van der Waals surface area contributed by atoms with Crippen LogP contribution in [-0.2, 0) is 4.79 Å². The van der Waals surface area contributed by atoms with E-state index in [4.69, 9.17) is 0 Å². The van der Waals surface area contributed by atoms with Crippen molar-refractivity contribution in [1.29, 1.82) is 0 Å². The number of Topliss-reactive ketones (excluding diaryl/α,β-unsaturated/α-hetero) is 1. The Labute approximate surface area is 108 Å². The Balaban J connectivity index is 1.98. The van der Waals surface area contributed by atoms with Gasteiger partial charge in [0, 0.05) is 18.5 Å². The molecule has 1 aromatic carbocycles. The first-order valence-corrected chi connectivity index (χ1v) is 6.44. The average Bonchev–Trinajstić information content (AvgIpc) is 2.72. The van der Waals surface area contributed by atoms with Crippen LogP contribution in [0.2, 0.25) is 0 Å². The van der Waals surface area contributed by atoms with Crippen LogP contribution in [0.5, 0.6) is 0 Å². The second-order valence-electron chi connectivity index (χ2n) is 5.27. The van der Waals surface area contributed by atoms with Crippen LogP contribution < -0.4 is 0 Å². The largest absolute Gasteiger partial charge is 0.335 e. The maximum Gasteiger partial charge on any atom is 0.223 e. The summed E-state index contributed by atoms with van der Waals surface area (Å²) in [4.78, 5) is 25.6. The second kappa shape index (κ2) is 5.34. The number of hydrogen-bond acceptors (Lipinski definition) is 2. The van der Waals surface area contributed by atoms with Crippen molar-refractivity contribution >= 4 is 11.7 Å². The van der Waals surface area contributed by atoms with E-state index in [0.717, 1.165) is 6.54 Å². The molecule has 0 radical (unpaired) electrons. The first kappa shape index (κ1) is 12.8. The maximum absolute atomic E-state index is 12.0. The summed E-state index contributed by atoms with van der Waals surface area (Å²) in [7, 11) is 0. The number of carbonyl (C=O) groups excluding carboxylic acids is 2. The molecule has 1 unspecified atom stereocenters. The Morgan fingerprint density at radius 3 is 2.56 bits per heavy atom. The van der Waals surface area contributed by atoms with Crippen LogP contribution in [0, 0.1) is 11.8 Å². The van der Waals surface area contributed by atoms with Crippen molar-refractivity contribution in [2.24, 2.45) is 11.8 Å². The third-order valence-electron chi connectivity index (χ3n) is 3.62. The summed E-state index contributed by atoms with van der Waals surface area (Å²) in [6, 6.07) is 9.16. The topological polar surface area (TPSA) is 37.4 Å². The van der Waals surface area contributed by atoms with Crippen LogP contribution in [0.15, 0.2) is 30.3 Å². The summed E-state index contributed by atoms with van der Waals surface area (Å²) < 4.78 is 0. The number of rotatable bonds is 4. The number of hydrogen-bond donors (Lipinski definition) is 0. The van der Waals surface area contributed by atoms with Crippen LogP contribution in [0.1, 0.15) is 30.6 Å². The normalized spacial score (nSPS) is 19.6. The van der Waals surface area contributed by atoms with E-state index in [-0.39, 0.29) is 18.2 Å². The smallest absolute Gasteiger partial charge is 0.223 e. The molecule has 3 nitrogen and oxygen atoms in total. The Morgan fingerprint density at radius 1 is 1.33 bits per heavy atom. The van der Waals surface area contributed by atoms with Crippen LogP contribution in [0.25, 0.3) is 0 Å². The van der Waals surface area contributed by atoms with Crippen molar-refractivity contribution in [1.82, 2.24) is 4.90 Å². The zero-order valence-electron chi connectivity index (χ0n) is 10.9. The number of likely N-dealkylation sites (tertiary alicyclic amines) is 1. The number of amides is 1. The molecule has 0 aromatic heterocycles. The molecule has 1 aliphatic heterocycles. The van der Waals surface area contributed by atoms with E-state index in [2.05, 4.69) is 13.8 Å². The highest BCUT2D eigenvalue weighted by Gasteiger charge is 2.32. The summed E-state index contributed by atoms with van der Waals surface area (Å²) in [6.07, 6.45) is 0.583. The van der Waals surface area contributed by atoms with Crippen molar-refractivity contribution in [2.75, 3.05) is 13.1 Å². The van der Waals surface area contributed by atoms with E-state index in [1.165, 1.54) is 0 Å². The molecule has 0 N–H and O–H groups in total. The third-order valence-corrected chi connectivity index (χ3v) is 3.62. The fourth-order valence-corrected chi connectivity index (χ4v) is 2.29. The molecule has 1 atom stereocenters. The maximum atomic E-state index is 12.0. The zero-order valence-corrected chi connectivity index (χ0v) is 10.9. The van der Waals surface area contributed by atoms with Gasteiger partial charge in [0.1, 0.15) is 0 Å². The number of ketones is 1. The van der Waals surface area contributed by atoms with Gasteiger partial charge in [0.15, 0.2) is 5.78 Å². The van der Waals surface area contributed by atoms with Gasteiger partial charge in [-0.1, -0.05) is 44.2 Å². The van der Waals surface area contributed by atoms with Gasteiger partial charge in [-0.2, -0.15) is 0 Å². The van der Waals surface area contributed by atoms with Gasteiger partial charge >= 0.3 is 0 Å². The van der Waals surface area contributed by atoms with Gasteiger partial charge in [-0.3, -0.25) is 9.59 Å². The van der Waals surface area contributed by atoms with Crippen molar-refractivity contribution in [2.45, 2.75) is 20.3 Å². The van der Waals surface area contributed by atoms with Crippen LogP contribution in [0.4, 0.5) is 0 Å². The molecule has 1 saturated heterocycles. The second-order valence-corrected chi connectivity index (χ2v) is 5.27. The summed E-state index contributed by atoms with van der Waals surface area (Å²) in [5, 5.41) is 0. The summed E-state index contributed by atoms with van der Waals surface area (Å²) >= 11 is 0. The zero-order chi connectivity index (χ0) is 13.1. The minimum atomic E-state index is 0.0216. The molecule has 1 aliphatic rings. The van der Waals surface area contributed by atoms with E-state index in [1.54, 1.807) is 17.0 Å². The molecule has 18 heavy (non-hydrogen) atoms. The Bertz CT molecular complexity index is 439. The number of nitrogens with zero attached hydrogens (tertiary/aromatic N) is 1. The summed E-state index contributed by atoms with van der Waals surface area (Å²) in [6.45, 7) is 5.18. The van der Waals surface area contributed by atoms with Crippen molar-refractivity contribution in [3.63, 3.8) is 0 Å². The minimum Gasteiger partial charge on any atom is -0.335 e. The fraction of sp³-hybridized carbons (Fsp3) is 0.467. The van der Waals surface area contributed by atoms with E-state index in [9.17, 15) is 9.59 Å². The molecule has 1 amide bonds. The summed E-state index contributed by atoms with van der Waals surface area (Å²) in [5.74, 6) is 1.01. The SMILES string of the molecule is CC(C)C1CC(=O)N(CC(=O)c2ccccc2)C1. The molecule has 0 spiro atoms. The quantitative estimate of drug-likeness (QED) is 0.764. The molecule has 96 valence electrons. The average molecular weight is 245 g/mol. The molecular formula is C15H19NO2. The molecule has 3 heteroatoms. The predicted octanol–water partition coefficient (Wildman–Crippen LogP) is 2.37. The molecule has 1 heterocycles. The minimum absolute atomic E-state index is 0.0216. The van der Waals surface area contributed by atoms with E-state index < -0.39 is 0 Å². The van der Waals surface area contributed by atoms with Gasteiger partial charge in [0.25, 0.3) is 0 Å². The lowest BCUT2D eigenvalue weighted by Crippen LogP contribution is -2.31. The van der Waals surface area contributed by atoms with Crippen LogP contribution >= 0.6 is 0 Å². The highest BCUT2D eigenvalue weighted by molar-refractivity contribution is 5.99. The number of carbonyl (C=O) groups is 2. The van der Waals surface area contributed by atoms with Crippen LogP contribution in [0.3, 0.4) is 0 Å². The van der Waals surface area contributed by atoms with Gasteiger partial charge in [-0.15, -0.1) is 0 Å². The molecule has 0 aliphatic carbocycles. The lowest BCUT2D eigenvalue weighted by Gasteiger charge is -2.17. The van der Waals surface area contributed by atoms with Gasteiger partial charge in [-0.05, 0) is 11.8 Å². The van der Waals surface area contributed by atoms with Crippen molar-refractivity contribution in [3.8, 4) is 0 Å². The summed E-state index contributed by atoms with van der Waals surface area (Å²) in [5.41, 5.74) is 0.679. The van der Waals surface area contributed by atoms with Gasteiger partial charge in [0.05, 0.1) is 6.54 Å².